The average molecular weight is 308 g/mol. The van der Waals surface area contributed by atoms with Gasteiger partial charge in [-0.05, 0) is 48.9 Å². The van der Waals surface area contributed by atoms with Gasteiger partial charge in [-0.15, -0.1) is 0 Å². The first-order chi connectivity index (χ1) is 10.1. The third-order valence-corrected chi connectivity index (χ3v) is 3.62. The van der Waals surface area contributed by atoms with Gasteiger partial charge >= 0.3 is 0 Å². The minimum atomic E-state index is -0.237. The van der Waals surface area contributed by atoms with Crippen molar-refractivity contribution in [1.82, 2.24) is 5.32 Å². The van der Waals surface area contributed by atoms with Gasteiger partial charge in [0.1, 0.15) is 11.6 Å². The maximum atomic E-state index is 14.0. The van der Waals surface area contributed by atoms with E-state index in [0.717, 1.165) is 17.9 Å². The first-order valence-corrected chi connectivity index (χ1v) is 7.33. The number of benzene rings is 2. The lowest BCUT2D eigenvalue weighted by molar-refractivity contribution is 0.414. The highest BCUT2D eigenvalue weighted by molar-refractivity contribution is 6.30. The van der Waals surface area contributed by atoms with E-state index in [0.29, 0.717) is 17.0 Å². The Morgan fingerprint density at radius 3 is 2.52 bits per heavy atom. The molecule has 0 aliphatic heterocycles. The van der Waals surface area contributed by atoms with E-state index in [4.69, 9.17) is 16.3 Å². The largest absolute Gasteiger partial charge is 0.497 e. The molecule has 0 aromatic heterocycles. The van der Waals surface area contributed by atoms with E-state index in [1.54, 1.807) is 19.2 Å². The SMILES string of the molecule is CCNC(Cc1ccc(OC)cc1)c1cc(Cl)ccc1F. The van der Waals surface area contributed by atoms with Crippen LogP contribution in [0.1, 0.15) is 24.1 Å². The minimum absolute atomic E-state index is 0.109. The molecular weight excluding hydrogens is 289 g/mol. The zero-order valence-corrected chi connectivity index (χ0v) is 13.0. The molecule has 2 nitrogen and oxygen atoms in total. The summed E-state index contributed by atoms with van der Waals surface area (Å²) in [6.07, 6.45) is 0.690. The highest BCUT2D eigenvalue weighted by Crippen LogP contribution is 2.25. The van der Waals surface area contributed by atoms with Crippen molar-refractivity contribution >= 4 is 11.6 Å². The van der Waals surface area contributed by atoms with E-state index in [2.05, 4.69) is 5.32 Å². The van der Waals surface area contributed by atoms with Gasteiger partial charge in [-0.3, -0.25) is 0 Å². The van der Waals surface area contributed by atoms with E-state index in [1.165, 1.54) is 6.07 Å². The van der Waals surface area contributed by atoms with Crippen LogP contribution in [0.15, 0.2) is 42.5 Å². The standard InChI is InChI=1S/C17H19ClFNO/c1-3-20-17(15-11-13(18)6-9-16(15)19)10-12-4-7-14(21-2)8-5-12/h4-9,11,17,20H,3,10H2,1-2H3. The third kappa shape index (κ3) is 4.19. The first kappa shape index (κ1) is 15.8. The number of nitrogens with one attached hydrogen (secondary N) is 1. The van der Waals surface area contributed by atoms with Crippen LogP contribution in [0, 0.1) is 5.82 Å². The second kappa shape index (κ2) is 7.43. The van der Waals surface area contributed by atoms with Gasteiger partial charge in [0.05, 0.1) is 7.11 Å². The molecule has 0 bridgehead atoms. The molecule has 4 heteroatoms. The van der Waals surface area contributed by atoms with Crippen LogP contribution in [0.25, 0.3) is 0 Å². The molecule has 0 radical (unpaired) electrons. The van der Waals surface area contributed by atoms with Crippen molar-refractivity contribution in [2.24, 2.45) is 0 Å². The van der Waals surface area contributed by atoms with Gasteiger partial charge in [0.2, 0.25) is 0 Å². The second-order valence-electron chi connectivity index (χ2n) is 4.83. The smallest absolute Gasteiger partial charge is 0.128 e. The van der Waals surface area contributed by atoms with E-state index in [9.17, 15) is 4.39 Å². The van der Waals surface area contributed by atoms with Crippen LogP contribution in [-0.4, -0.2) is 13.7 Å². The lowest BCUT2D eigenvalue weighted by atomic mass is 9.98. The van der Waals surface area contributed by atoms with E-state index in [1.807, 2.05) is 31.2 Å². The third-order valence-electron chi connectivity index (χ3n) is 3.38. The average Bonchev–Trinajstić information content (AvgIpc) is 2.50. The van der Waals surface area contributed by atoms with Crippen molar-refractivity contribution in [3.8, 4) is 5.75 Å². The Bertz CT molecular complexity index is 586. The van der Waals surface area contributed by atoms with Crippen molar-refractivity contribution in [2.75, 3.05) is 13.7 Å². The summed E-state index contributed by atoms with van der Waals surface area (Å²) in [6, 6.07) is 12.4. The fraction of sp³-hybridized carbons (Fsp3) is 0.294. The van der Waals surface area contributed by atoms with Gasteiger partial charge in [0.15, 0.2) is 0 Å². The normalized spacial score (nSPS) is 12.2. The highest BCUT2D eigenvalue weighted by atomic mass is 35.5. The van der Waals surface area contributed by atoms with Gasteiger partial charge in [-0.25, -0.2) is 4.39 Å². The molecule has 1 N–H and O–H groups in total. The molecule has 0 fully saturated rings. The van der Waals surface area contributed by atoms with Crippen LogP contribution >= 0.6 is 11.6 Å². The van der Waals surface area contributed by atoms with E-state index in [-0.39, 0.29) is 11.9 Å². The Kier molecular flexibility index (Phi) is 5.59. The van der Waals surface area contributed by atoms with Gasteiger partial charge in [0, 0.05) is 16.6 Å². The fourth-order valence-electron chi connectivity index (χ4n) is 2.32. The summed E-state index contributed by atoms with van der Waals surface area (Å²) in [6.45, 7) is 2.76. The van der Waals surface area contributed by atoms with Crippen molar-refractivity contribution in [1.29, 1.82) is 0 Å². The molecule has 1 atom stereocenters. The van der Waals surface area contributed by atoms with Gasteiger partial charge in [0.25, 0.3) is 0 Å². The van der Waals surface area contributed by atoms with Crippen LogP contribution in [0.5, 0.6) is 5.75 Å². The Hall–Kier alpha value is -1.58. The predicted molar refractivity (Wildman–Crippen MR) is 84.5 cm³/mol. The number of ether oxygens (including phenoxy) is 1. The summed E-state index contributed by atoms with van der Waals surface area (Å²) in [5, 5.41) is 3.86. The van der Waals surface area contributed by atoms with Crippen molar-refractivity contribution < 1.29 is 9.13 Å². The molecule has 2 aromatic rings. The van der Waals surface area contributed by atoms with Crippen molar-refractivity contribution in [2.45, 2.75) is 19.4 Å². The summed E-state index contributed by atoms with van der Waals surface area (Å²) in [5.74, 6) is 0.576. The second-order valence-corrected chi connectivity index (χ2v) is 5.26. The molecule has 21 heavy (non-hydrogen) atoms. The molecule has 0 amide bonds. The highest BCUT2D eigenvalue weighted by Gasteiger charge is 2.16. The lowest BCUT2D eigenvalue weighted by Gasteiger charge is -2.19. The van der Waals surface area contributed by atoms with Crippen molar-refractivity contribution in [3.05, 3.63) is 64.4 Å². The first-order valence-electron chi connectivity index (χ1n) is 6.95. The molecule has 0 aliphatic carbocycles. The zero-order chi connectivity index (χ0) is 15.2. The molecule has 112 valence electrons. The molecule has 0 heterocycles. The van der Waals surface area contributed by atoms with E-state index < -0.39 is 0 Å². The molecule has 2 aromatic carbocycles. The Balaban J connectivity index is 2.23. The molecule has 0 aliphatic rings. The maximum Gasteiger partial charge on any atom is 0.128 e. The molecule has 0 saturated heterocycles. The summed E-state index contributed by atoms with van der Waals surface area (Å²) >= 11 is 5.99. The summed E-state index contributed by atoms with van der Waals surface area (Å²) in [4.78, 5) is 0. The number of likely N-dealkylation sites (N-methyl/N-ethyl adjacent to an activating group) is 1. The molecular formula is C17H19ClFNO. The van der Waals surface area contributed by atoms with Crippen LogP contribution in [-0.2, 0) is 6.42 Å². The fourth-order valence-corrected chi connectivity index (χ4v) is 2.50. The monoisotopic (exact) mass is 307 g/mol. The van der Waals surface area contributed by atoms with Crippen LogP contribution < -0.4 is 10.1 Å². The van der Waals surface area contributed by atoms with Crippen LogP contribution in [0.4, 0.5) is 4.39 Å². The Morgan fingerprint density at radius 2 is 1.90 bits per heavy atom. The molecule has 0 spiro atoms. The summed E-state index contributed by atoms with van der Waals surface area (Å²) < 4.78 is 19.2. The maximum absolute atomic E-state index is 14.0. The zero-order valence-electron chi connectivity index (χ0n) is 12.2. The summed E-state index contributed by atoms with van der Waals surface area (Å²) in [5.41, 5.74) is 1.71. The lowest BCUT2D eigenvalue weighted by Crippen LogP contribution is -2.24. The number of methoxy groups -OCH3 is 1. The van der Waals surface area contributed by atoms with Gasteiger partial charge in [-0.1, -0.05) is 30.7 Å². The molecule has 2 rings (SSSR count). The predicted octanol–water partition coefficient (Wildman–Crippen LogP) is 4.38. The number of halogens is 2. The number of hydrogen-bond donors (Lipinski definition) is 1. The van der Waals surface area contributed by atoms with Crippen LogP contribution in [0.2, 0.25) is 5.02 Å². The molecule has 0 saturated carbocycles. The number of hydrogen-bond acceptors (Lipinski definition) is 2. The van der Waals surface area contributed by atoms with Gasteiger partial charge < -0.3 is 10.1 Å². The Morgan fingerprint density at radius 1 is 1.19 bits per heavy atom. The summed E-state index contributed by atoms with van der Waals surface area (Å²) in [7, 11) is 1.64. The van der Waals surface area contributed by atoms with Crippen LogP contribution in [0.3, 0.4) is 0 Å². The minimum Gasteiger partial charge on any atom is -0.497 e. The van der Waals surface area contributed by atoms with Gasteiger partial charge in [-0.2, -0.15) is 0 Å². The number of rotatable bonds is 6. The van der Waals surface area contributed by atoms with Crippen molar-refractivity contribution in [3.63, 3.8) is 0 Å². The van der Waals surface area contributed by atoms with E-state index >= 15 is 0 Å². The topological polar surface area (TPSA) is 21.3 Å². The quantitative estimate of drug-likeness (QED) is 0.855. The Labute approximate surface area is 129 Å². The molecule has 1 unspecified atom stereocenters.